The van der Waals surface area contributed by atoms with Crippen molar-refractivity contribution in [2.24, 2.45) is 22.2 Å². The van der Waals surface area contributed by atoms with Crippen molar-refractivity contribution in [3.8, 4) is 0 Å². The monoisotopic (exact) mass is 518 g/mol. The normalized spacial score (nSPS) is 14.1. The van der Waals surface area contributed by atoms with E-state index in [2.05, 4.69) is 25.9 Å². The average molecular weight is 519 g/mol. The lowest BCUT2D eigenvalue weighted by atomic mass is 10.0. The van der Waals surface area contributed by atoms with Gasteiger partial charge in [0.15, 0.2) is 5.96 Å². The fourth-order valence-corrected chi connectivity index (χ4v) is 3.53. The Morgan fingerprint density at radius 2 is 1.62 bits per heavy atom. The smallest absolute Gasteiger partial charge is 0.326 e. The first kappa shape index (κ1) is 29.1. The van der Waals surface area contributed by atoms with E-state index in [1.807, 2.05) is 24.3 Å². The maximum atomic E-state index is 13.1. The number of fused-ring (bicyclic) bond motifs is 1. The lowest BCUT2D eigenvalue weighted by molar-refractivity contribution is -0.142. The molecule has 1 aromatic carbocycles. The molecule has 1 heterocycles. The highest BCUT2D eigenvalue weighted by Crippen LogP contribution is 2.19. The molecule has 0 fully saturated rings. The third-order valence-electron chi connectivity index (χ3n) is 5.52. The molecule has 0 saturated carbocycles. The summed E-state index contributed by atoms with van der Waals surface area (Å²) in [6.45, 7) is 0.815. The average Bonchev–Trinajstić information content (AvgIpc) is 3.25. The van der Waals surface area contributed by atoms with E-state index >= 15 is 0 Å². The van der Waals surface area contributed by atoms with Crippen LogP contribution in [0.1, 0.15) is 25.3 Å². The molecule has 4 unspecified atom stereocenters. The van der Waals surface area contributed by atoms with E-state index in [4.69, 9.17) is 17.2 Å². The summed E-state index contributed by atoms with van der Waals surface area (Å²) < 4.78 is 0. The number of carboxylic acids is 1. The van der Waals surface area contributed by atoms with Crippen molar-refractivity contribution in [2.45, 2.75) is 50.4 Å². The number of carboxylic acid groups (broad SMARTS) is 1. The predicted octanol–water partition coefficient (Wildman–Crippen LogP) is -2.36. The topological polar surface area (TPSA) is 251 Å². The molecule has 0 saturated heterocycles. The van der Waals surface area contributed by atoms with Crippen molar-refractivity contribution in [1.29, 1.82) is 0 Å². The molecule has 0 radical (unpaired) electrons. The number of carbonyl (C=O) groups is 4. The number of hydrogen-bond acceptors (Lipinski definition) is 7. The van der Waals surface area contributed by atoms with Gasteiger partial charge in [-0.1, -0.05) is 18.2 Å². The molecular weight excluding hydrogens is 484 g/mol. The molecule has 2 rings (SSSR count). The Labute approximate surface area is 213 Å². The Morgan fingerprint density at radius 3 is 2.24 bits per heavy atom. The van der Waals surface area contributed by atoms with Crippen LogP contribution < -0.4 is 33.2 Å². The second kappa shape index (κ2) is 13.8. The maximum Gasteiger partial charge on any atom is 0.326 e. The zero-order valence-electron chi connectivity index (χ0n) is 20.4. The number of guanidine groups is 1. The van der Waals surface area contributed by atoms with Gasteiger partial charge in [0, 0.05) is 30.1 Å². The number of aromatic nitrogens is 1. The quantitative estimate of drug-likeness (QED) is 0.0735. The van der Waals surface area contributed by atoms with E-state index in [0.29, 0.717) is 0 Å². The Balaban J connectivity index is 2.12. The Hall–Kier alpha value is -4.17. The highest BCUT2D eigenvalue weighted by Gasteiger charge is 2.30. The molecule has 37 heavy (non-hydrogen) atoms. The van der Waals surface area contributed by atoms with Gasteiger partial charge in [-0.15, -0.1) is 0 Å². The summed E-state index contributed by atoms with van der Waals surface area (Å²) >= 11 is 0. The first-order valence-electron chi connectivity index (χ1n) is 11.6. The fourth-order valence-electron chi connectivity index (χ4n) is 3.53. The summed E-state index contributed by atoms with van der Waals surface area (Å²) in [6, 6.07) is 2.60. The molecule has 0 bridgehead atoms. The maximum absolute atomic E-state index is 13.1. The molecule has 0 aliphatic carbocycles. The van der Waals surface area contributed by atoms with Crippen LogP contribution in [0.2, 0.25) is 0 Å². The summed E-state index contributed by atoms with van der Waals surface area (Å²) in [4.78, 5) is 56.5. The van der Waals surface area contributed by atoms with Gasteiger partial charge in [-0.3, -0.25) is 19.4 Å². The molecule has 12 N–H and O–H groups in total. The van der Waals surface area contributed by atoms with Crippen molar-refractivity contribution in [3.63, 3.8) is 0 Å². The minimum atomic E-state index is -1.47. The second-order valence-electron chi connectivity index (χ2n) is 8.51. The fraction of sp³-hybridized carbons (Fsp3) is 0.435. The standard InChI is InChI=1S/C23H34N8O6/c1-12(24)19(33)30-17(9-13-10-28-15-6-3-2-5-14(13)15)20(34)31-18(11-32)21(35)29-16(22(36)37)7-4-8-27-23(25)26/h2-3,5-6,10,12,16-18,28,32H,4,7-9,11,24H2,1H3,(H,29,35)(H,30,33)(H,31,34)(H,36,37)(H4,25,26,27). The zero-order valence-corrected chi connectivity index (χ0v) is 20.4. The van der Waals surface area contributed by atoms with Gasteiger partial charge in [0.05, 0.1) is 12.6 Å². The number of aliphatic hydroxyl groups excluding tert-OH is 1. The number of para-hydroxylation sites is 1. The van der Waals surface area contributed by atoms with Crippen LogP contribution in [0, 0.1) is 0 Å². The molecule has 1 aromatic heterocycles. The Bertz CT molecular complexity index is 1130. The number of benzene rings is 1. The molecule has 3 amide bonds. The summed E-state index contributed by atoms with van der Waals surface area (Å²) in [5, 5.41) is 27.2. The molecule has 2 aromatic rings. The van der Waals surface area contributed by atoms with Gasteiger partial charge < -0.3 is 48.3 Å². The summed E-state index contributed by atoms with van der Waals surface area (Å²) in [5.74, 6) is -3.70. The number of nitrogens with one attached hydrogen (secondary N) is 4. The molecule has 0 aliphatic heterocycles. The Morgan fingerprint density at radius 1 is 1.00 bits per heavy atom. The number of aromatic amines is 1. The van der Waals surface area contributed by atoms with Crippen molar-refractivity contribution >= 4 is 40.6 Å². The molecular formula is C23H34N8O6. The van der Waals surface area contributed by atoms with Crippen LogP contribution >= 0.6 is 0 Å². The van der Waals surface area contributed by atoms with Crippen molar-refractivity contribution in [1.82, 2.24) is 20.9 Å². The second-order valence-corrected chi connectivity index (χ2v) is 8.51. The van der Waals surface area contributed by atoms with E-state index in [0.717, 1.165) is 16.5 Å². The minimum Gasteiger partial charge on any atom is -0.480 e. The molecule has 4 atom stereocenters. The lowest BCUT2D eigenvalue weighted by Crippen LogP contribution is -2.58. The largest absolute Gasteiger partial charge is 0.480 e. The first-order valence-corrected chi connectivity index (χ1v) is 11.6. The van der Waals surface area contributed by atoms with Gasteiger partial charge in [0.25, 0.3) is 0 Å². The van der Waals surface area contributed by atoms with Crippen molar-refractivity contribution in [3.05, 3.63) is 36.0 Å². The predicted molar refractivity (Wildman–Crippen MR) is 136 cm³/mol. The van der Waals surface area contributed by atoms with Crippen LogP contribution in [-0.2, 0) is 25.6 Å². The first-order chi connectivity index (χ1) is 17.5. The van der Waals surface area contributed by atoms with Gasteiger partial charge in [-0.25, -0.2) is 4.79 Å². The number of aliphatic carboxylic acids is 1. The van der Waals surface area contributed by atoms with Gasteiger partial charge >= 0.3 is 5.97 Å². The van der Waals surface area contributed by atoms with E-state index < -0.39 is 54.5 Å². The number of nitrogens with zero attached hydrogens (tertiary/aromatic N) is 1. The van der Waals surface area contributed by atoms with E-state index in [-0.39, 0.29) is 31.8 Å². The number of aliphatic imine (C=N–C) groups is 1. The molecule has 14 heteroatoms. The van der Waals surface area contributed by atoms with E-state index in [1.54, 1.807) is 6.20 Å². The molecule has 0 spiro atoms. The molecule has 0 aliphatic rings. The lowest BCUT2D eigenvalue weighted by Gasteiger charge is -2.24. The van der Waals surface area contributed by atoms with Crippen LogP contribution in [0.4, 0.5) is 0 Å². The zero-order chi connectivity index (χ0) is 27.5. The minimum absolute atomic E-state index is 0.0115. The number of nitrogens with two attached hydrogens (primary N) is 3. The van der Waals surface area contributed by atoms with Crippen molar-refractivity contribution in [2.75, 3.05) is 13.2 Å². The third-order valence-corrected chi connectivity index (χ3v) is 5.52. The SMILES string of the molecule is CC(N)C(=O)NC(Cc1c[nH]c2ccccc12)C(=O)NC(CO)C(=O)NC(CCCN=C(N)N)C(=O)O. The molecule has 14 nitrogen and oxygen atoms in total. The van der Waals surface area contributed by atoms with Crippen molar-refractivity contribution < 1.29 is 29.4 Å². The van der Waals surface area contributed by atoms with Crippen LogP contribution in [0.3, 0.4) is 0 Å². The number of H-pyrrole nitrogens is 1. The molecule has 202 valence electrons. The summed E-state index contributed by atoms with van der Waals surface area (Å²) in [6.07, 6.45) is 2.05. The van der Waals surface area contributed by atoms with Gasteiger partial charge in [-0.2, -0.15) is 0 Å². The van der Waals surface area contributed by atoms with E-state index in [1.165, 1.54) is 6.92 Å². The Kier molecular flexibility index (Phi) is 10.8. The van der Waals surface area contributed by atoms with Crippen LogP contribution in [0.15, 0.2) is 35.5 Å². The van der Waals surface area contributed by atoms with Gasteiger partial charge in [0.1, 0.15) is 18.1 Å². The number of rotatable bonds is 14. The third kappa shape index (κ3) is 8.77. The van der Waals surface area contributed by atoms with Gasteiger partial charge in [0.2, 0.25) is 17.7 Å². The summed E-state index contributed by atoms with van der Waals surface area (Å²) in [7, 11) is 0. The van der Waals surface area contributed by atoms with Crippen LogP contribution in [0.5, 0.6) is 0 Å². The number of aliphatic hydroxyl groups is 1. The van der Waals surface area contributed by atoms with Gasteiger partial charge in [-0.05, 0) is 31.4 Å². The van der Waals surface area contributed by atoms with E-state index in [9.17, 15) is 29.4 Å². The summed E-state index contributed by atoms with van der Waals surface area (Å²) in [5.41, 5.74) is 17.7. The number of carbonyl (C=O) groups excluding carboxylic acids is 3. The highest BCUT2D eigenvalue weighted by atomic mass is 16.4. The number of hydrogen-bond donors (Lipinski definition) is 9. The number of amides is 3. The van der Waals surface area contributed by atoms with Crippen LogP contribution in [-0.4, -0.2) is 82.2 Å². The highest BCUT2D eigenvalue weighted by molar-refractivity contribution is 5.94. The van der Waals surface area contributed by atoms with Crippen LogP contribution in [0.25, 0.3) is 10.9 Å².